The Labute approximate surface area is 170 Å². The van der Waals surface area contributed by atoms with E-state index in [-0.39, 0.29) is 15.5 Å². The number of benzene rings is 2. The van der Waals surface area contributed by atoms with Crippen molar-refractivity contribution in [1.29, 1.82) is 0 Å². The Morgan fingerprint density at radius 2 is 1.79 bits per heavy atom. The summed E-state index contributed by atoms with van der Waals surface area (Å²) in [7, 11) is -3.76. The van der Waals surface area contributed by atoms with E-state index < -0.39 is 15.9 Å². The summed E-state index contributed by atoms with van der Waals surface area (Å²) in [4.78, 5) is 12.6. The van der Waals surface area contributed by atoms with E-state index in [0.717, 1.165) is 25.7 Å². The number of anilines is 1. The number of hydrogen-bond acceptors (Lipinski definition) is 3. The van der Waals surface area contributed by atoms with E-state index in [1.54, 1.807) is 24.3 Å². The van der Waals surface area contributed by atoms with E-state index in [4.69, 9.17) is 18.0 Å². The monoisotopic (exact) mass is 416 g/mol. The Hall–Kier alpha value is -2.33. The van der Waals surface area contributed by atoms with E-state index in [2.05, 4.69) is 11.2 Å². The highest BCUT2D eigenvalue weighted by Crippen LogP contribution is 2.28. The predicted molar refractivity (Wildman–Crippen MR) is 111 cm³/mol. The van der Waals surface area contributed by atoms with E-state index in [0.29, 0.717) is 24.3 Å². The van der Waals surface area contributed by atoms with Crippen molar-refractivity contribution in [3.05, 3.63) is 58.6 Å². The molecule has 5 nitrogen and oxygen atoms in total. The first kappa shape index (κ1) is 20.4. The van der Waals surface area contributed by atoms with Crippen LogP contribution in [0.15, 0.2) is 47.4 Å². The number of nitrogens with zero attached hydrogens (tertiary/aromatic N) is 1. The van der Waals surface area contributed by atoms with Crippen molar-refractivity contribution in [2.45, 2.75) is 30.6 Å². The molecule has 3 rings (SSSR count). The van der Waals surface area contributed by atoms with Gasteiger partial charge in [-0.2, -0.15) is 4.31 Å². The quantitative estimate of drug-likeness (QED) is 0.762. The molecular weight excluding hydrogens is 396 g/mol. The second-order valence-electron chi connectivity index (χ2n) is 6.64. The van der Waals surface area contributed by atoms with Crippen LogP contribution in [0.5, 0.6) is 0 Å². The highest BCUT2D eigenvalue weighted by Gasteiger charge is 2.28. The molecule has 2 aromatic rings. The Morgan fingerprint density at radius 1 is 1.07 bits per heavy atom. The van der Waals surface area contributed by atoms with Gasteiger partial charge in [0.1, 0.15) is 4.90 Å². The van der Waals surface area contributed by atoms with E-state index in [9.17, 15) is 13.2 Å². The molecule has 28 heavy (non-hydrogen) atoms. The lowest BCUT2D eigenvalue weighted by Gasteiger charge is -2.21. The van der Waals surface area contributed by atoms with Crippen LogP contribution in [0.3, 0.4) is 0 Å². The lowest BCUT2D eigenvalue weighted by molar-refractivity contribution is 0.102. The molecule has 1 fully saturated rings. The number of carbonyl (C=O) groups excluding carboxylic acids is 1. The molecule has 0 aliphatic carbocycles. The molecule has 0 spiro atoms. The Balaban J connectivity index is 1.88. The summed E-state index contributed by atoms with van der Waals surface area (Å²) in [6.07, 6.45) is 9.05. The van der Waals surface area contributed by atoms with Gasteiger partial charge in [-0.25, -0.2) is 8.42 Å². The Bertz CT molecular complexity index is 1020. The van der Waals surface area contributed by atoms with E-state index in [1.165, 1.54) is 22.5 Å². The molecule has 2 aromatic carbocycles. The summed E-state index contributed by atoms with van der Waals surface area (Å²) in [6, 6.07) is 11.2. The first-order valence-electron chi connectivity index (χ1n) is 9.09. The summed E-state index contributed by atoms with van der Waals surface area (Å²) in [5.41, 5.74) is 1.38. The normalized spacial score (nSPS) is 15.4. The summed E-state index contributed by atoms with van der Waals surface area (Å²) < 4.78 is 27.6. The van der Waals surface area contributed by atoms with Gasteiger partial charge in [0.2, 0.25) is 10.0 Å². The summed E-state index contributed by atoms with van der Waals surface area (Å²) in [5, 5.41) is 2.84. The zero-order chi connectivity index (χ0) is 20.1. The first-order chi connectivity index (χ1) is 13.4. The molecule has 7 heteroatoms. The number of amides is 1. The molecule has 1 heterocycles. The largest absolute Gasteiger partial charge is 0.322 e. The maximum atomic E-state index is 13.1. The molecule has 0 atom stereocenters. The third-order valence-corrected chi connectivity index (χ3v) is 7.04. The van der Waals surface area contributed by atoms with Crippen LogP contribution < -0.4 is 5.32 Å². The number of rotatable bonds is 4. The van der Waals surface area contributed by atoms with Gasteiger partial charge in [-0.15, -0.1) is 6.42 Å². The van der Waals surface area contributed by atoms with Crippen molar-refractivity contribution in [3.63, 3.8) is 0 Å². The standard InChI is InChI=1S/C21H21ClN2O3S/c1-2-16-8-7-9-18(14-16)23-21(25)17-10-11-19(22)20(15-17)28(26,27)24-12-5-3-4-6-13-24/h1,7-11,14-15H,3-6,12-13H2,(H,23,25). The van der Waals surface area contributed by atoms with E-state index >= 15 is 0 Å². The molecule has 1 saturated heterocycles. The molecule has 0 bridgehead atoms. The van der Waals surface area contributed by atoms with Crippen LogP contribution in [-0.4, -0.2) is 31.7 Å². The minimum atomic E-state index is -3.76. The molecule has 0 saturated carbocycles. The maximum Gasteiger partial charge on any atom is 0.255 e. The molecule has 0 radical (unpaired) electrons. The second kappa shape index (κ2) is 8.78. The average molecular weight is 417 g/mol. The van der Waals surface area contributed by atoms with Gasteiger partial charge in [0.05, 0.1) is 5.02 Å². The van der Waals surface area contributed by atoms with Crippen molar-refractivity contribution >= 4 is 33.2 Å². The summed E-state index contributed by atoms with van der Waals surface area (Å²) in [6.45, 7) is 0.932. The molecule has 1 aliphatic rings. The van der Waals surface area contributed by atoms with Crippen molar-refractivity contribution in [3.8, 4) is 12.3 Å². The molecule has 1 N–H and O–H groups in total. The van der Waals surface area contributed by atoms with Gasteiger partial charge >= 0.3 is 0 Å². The minimum Gasteiger partial charge on any atom is -0.322 e. The highest BCUT2D eigenvalue weighted by molar-refractivity contribution is 7.89. The van der Waals surface area contributed by atoms with Crippen molar-refractivity contribution in [1.82, 2.24) is 4.31 Å². The molecular formula is C21H21ClN2O3S. The molecule has 0 unspecified atom stereocenters. The van der Waals surface area contributed by atoms with Crippen LogP contribution in [0, 0.1) is 12.3 Å². The first-order valence-corrected chi connectivity index (χ1v) is 10.9. The number of carbonyl (C=O) groups is 1. The fraction of sp³-hybridized carbons (Fsp3) is 0.286. The second-order valence-corrected chi connectivity index (χ2v) is 8.96. The highest BCUT2D eigenvalue weighted by atomic mass is 35.5. The molecule has 1 aliphatic heterocycles. The van der Waals surface area contributed by atoms with Crippen molar-refractivity contribution in [2.75, 3.05) is 18.4 Å². The van der Waals surface area contributed by atoms with Gasteiger partial charge < -0.3 is 5.32 Å². The maximum absolute atomic E-state index is 13.1. The topological polar surface area (TPSA) is 66.5 Å². The third-order valence-electron chi connectivity index (χ3n) is 4.66. The van der Waals surface area contributed by atoms with Gasteiger partial charge in [-0.3, -0.25) is 4.79 Å². The lowest BCUT2D eigenvalue weighted by atomic mass is 10.2. The fourth-order valence-electron chi connectivity index (χ4n) is 3.15. The number of halogens is 1. The molecule has 146 valence electrons. The van der Waals surface area contributed by atoms with Gasteiger partial charge in [-0.1, -0.05) is 36.4 Å². The van der Waals surface area contributed by atoms with Crippen LogP contribution in [0.2, 0.25) is 5.02 Å². The van der Waals surface area contributed by atoms with Crippen LogP contribution in [-0.2, 0) is 10.0 Å². The van der Waals surface area contributed by atoms with E-state index in [1.807, 2.05) is 0 Å². The Kier molecular flexibility index (Phi) is 6.40. The zero-order valence-corrected chi connectivity index (χ0v) is 16.9. The molecule has 1 amide bonds. The summed E-state index contributed by atoms with van der Waals surface area (Å²) >= 11 is 6.19. The number of hydrogen-bond donors (Lipinski definition) is 1. The third kappa shape index (κ3) is 4.56. The number of sulfonamides is 1. The average Bonchev–Trinajstić information content (AvgIpc) is 2.98. The van der Waals surface area contributed by atoms with Crippen molar-refractivity contribution < 1.29 is 13.2 Å². The SMILES string of the molecule is C#Cc1cccc(NC(=O)c2ccc(Cl)c(S(=O)(=O)N3CCCCCC3)c2)c1. The van der Waals surface area contributed by atoms with Crippen molar-refractivity contribution in [2.24, 2.45) is 0 Å². The van der Waals surface area contributed by atoms with Gasteiger partial charge in [0, 0.05) is 29.9 Å². The van der Waals surface area contributed by atoms with Gasteiger partial charge in [0.15, 0.2) is 0 Å². The molecule has 0 aromatic heterocycles. The smallest absolute Gasteiger partial charge is 0.255 e. The van der Waals surface area contributed by atoms with Crippen LogP contribution in [0.25, 0.3) is 0 Å². The lowest BCUT2D eigenvalue weighted by Crippen LogP contribution is -2.32. The minimum absolute atomic E-state index is 0.0407. The number of terminal acetylenes is 1. The van der Waals surface area contributed by atoms with Gasteiger partial charge in [-0.05, 0) is 49.2 Å². The number of nitrogens with one attached hydrogen (secondary N) is 1. The predicted octanol–water partition coefficient (Wildman–Crippen LogP) is 4.14. The van der Waals surface area contributed by atoms with Crippen LogP contribution in [0.1, 0.15) is 41.6 Å². The van der Waals surface area contributed by atoms with Crippen LogP contribution in [0.4, 0.5) is 5.69 Å². The van der Waals surface area contributed by atoms with Crippen LogP contribution >= 0.6 is 11.6 Å². The zero-order valence-electron chi connectivity index (χ0n) is 15.3. The Morgan fingerprint density at radius 3 is 2.46 bits per heavy atom. The summed E-state index contributed by atoms with van der Waals surface area (Å²) in [5.74, 6) is 2.07. The fourth-order valence-corrected chi connectivity index (χ4v) is 5.17. The van der Waals surface area contributed by atoms with Gasteiger partial charge in [0.25, 0.3) is 5.91 Å².